The number of nitrogens with zero attached hydrogens (tertiary/aromatic N) is 1. The van der Waals surface area contributed by atoms with E-state index in [0.29, 0.717) is 17.5 Å². The number of carbonyl (C=O) groups is 1. The molecule has 1 amide bonds. The Labute approximate surface area is 176 Å². The summed E-state index contributed by atoms with van der Waals surface area (Å²) in [5.41, 5.74) is 5.36. The second-order valence-electron chi connectivity index (χ2n) is 7.37. The Morgan fingerprint density at radius 1 is 1.07 bits per heavy atom. The fourth-order valence-corrected chi connectivity index (χ4v) is 3.26. The van der Waals surface area contributed by atoms with Gasteiger partial charge in [-0.1, -0.05) is 56.3 Å². The molecule has 1 atom stereocenters. The van der Waals surface area contributed by atoms with E-state index < -0.39 is 0 Å². The maximum absolute atomic E-state index is 12.3. The van der Waals surface area contributed by atoms with Gasteiger partial charge in [0.05, 0.1) is 0 Å². The van der Waals surface area contributed by atoms with Crippen LogP contribution < -0.4 is 5.32 Å². The molecule has 0 aliphatic carbocycles. The number of oxazole rings is 1. The Morgan fingerprint density at radius 2 is 1.90 bits per heavy atom. The lowest BCUT2D eigenvalue weighted by atomic mass is 9.98. The molecule has 0 aliphatic rings. The van der Waals surface area contributed by atoms with Crippen LogP contribution in [-0.4, -0.2) is 10.9 Å². The van der Waals surface area contributed by atoms with Gasteiger partial charge in [0.15, 0.2) is 5.58 Å². The van der Waals surface area contributed by atoms with Crippen LogP contribution in [0.1, 0.15) is 37.3 Å². The van der Waals surface area contributed by atoms with Gasteiger partial charge in [-0.3, -0.25) is 4.79 Å². The third-order valence-electron chi connectivity index (χ3n) is 5.20. The molecule has 4 heteroatoms. The van der Waals surface area contributed by atoms with Gasteiger partial charge in [0, 0.05) is 17.3 Å². The molecule has 0 bridgehead atoms. The molecule has 1 unspecified atom stereocenters. The van der Waals surface area contributed by atoms with Crippen molar-refractivity contribution in [3.8, 4) is 11.5 Å². The minimum absolute atomic E-state index is 0.188. The first-order valence-electron chi connectivity index (χ1n) is 10.2. The Balaban J connectivity index is 1.53. The average molecular weight is 396 g/mol. The second-order valence-corrected chi connectivity index (χ2v) is 7.37. The lowest BCUT2D eigenvalue weighted by Gasteiger charge is -2.07. The Hall–Kier alpha value is -3.66. The molecule has 0 saturated heterocycles. The second kappa shape index (κ2) is 8.78. The molecule has 4 aromatic rings. The highest BCUT2D eigenvalue weighted by Crippen LogP contribution is 2.29. The van der Waals surface area contributed by atoms with Crippen molar-refractivity contribution in [1.82, 2.24) is 4.98 Å². The molecule has 4 rings (SSSR count). The molecule has 1 N–H and O–H groups in total. The maximum Gasteiger partial charge on any atom is 0.248 e. The molecule has 4 nitrogen and oxygen atoms in total. The number of anilines is 1. The van der Waals surface area contributed by atoms with Crippen LogP contribution in [0.25, 0.3) is 28.6 Å². The van der Waals surface area contributed by atoms with E-state index in [4.69, 9.17) is 4.42 Å². The summed E-state index contributed by atoms with van der Waals surface area (Å²) in [6, 6.07) is 23.4. The molecule has 1 heterocycles. The van der Waals surface area contributed by atoms with E-state index in [-0.39, 0.29) is 5.91 Å². The largest absolute Gasteiger partial charge is 0.436 e. The van der Waals surface area contributed by atoms with E-state index in [1.54, 1.807) is 6.08 Å². The maximum atomic E-state index is 12.3. The average Bonchev–Trinajstić information content (AvgIpc) is 3.21. The molecule has 3 aromatic carbocycles. The SMILES string of the molecule is CCC(C)c1ccc2oc(-c3cccc(NC(=O)/C=C/c4ccccc4)c3)nc2c1. The highest BCUT2D eigenvalue weighted by atomic mass is 16.3. The number of hydrogen-bond acceptors (Lipinski definition) is 3. The molecule has 0 aliphatic heterocycles. The van der Waals surface area contributed by atoms with Crippen molar-refractivity contribution in [2.45, 2.75) is 26.2 Å². The summed E-state index contributed by atoms with van der Waals surface area (Å²) in [7, 11) is 0. The molecule has 0 radical (unpaired) electrons. The van der Waals surface area contributed by atoms with Gasteiger partial charge >= 0.3 is 0 Å². The summed E-state index contributed by atoms with van der Waals surface area (Å²) in [4.78, 5) is 16.9. The highest BCUT2D eigenvalue weighted by Gasteiger charge is 2.11. The van der Waals surface area contributed by atoms with Crippen molar-refractivity contribution in [2.75, 3.05) is 5.32 Å². The number of nitrogens with one attached hydrogen (secondary N) is 1. The third-order valence-corrected chi connectivity index (χ3v) is 5.20. The molecule has 0 fully saturated rings. The van der Waals surface area contributed by atoms with Gasteiger partial charge in [0.25, 0.3) is 0 Å². The molecule has 30 heavy (non-hydrogen) atoms. The van der Waals surface area contributed by atoms with Crippen LogP contribution in [0.15, 0.2) is 83.3 Å². The van der Waals surface area contributed by atoms with Crippen molar-refractivity contribution >= 4 is 28.8 Å². The van der Waals surface area contributed by atoms with E-state index in [2.05, 4.69) is 36.3 Å². The zero-order valence-corrected chi connectivity index (χ0v) is 17.1. The van der Waals surface area contributed by atoms with E-state index in [1.165, 1.54) is 11.6 Å². The minimum atomic E-state index is -0.188. The number of hydrogen-bond donors (Lipinski definition) is 1. The lowest BCUT2D eigenvalue weighted by molar-refractivity contribution is -0.111. The van der Waals surface area contributed by atoms with Crippen LogP contribution in [0.2, 0.25) is 0 Å². The van der Waals surface area contributed by atoms with Crippen LogP contribution in [-0.2, 0) is 4.79 Å². The molecular weight excluding hydrogens is 372 g/mol. The number of aromatic nitrogens is 1. The first kappa shape index (κ1) is 19.6. The molecular formula is C26H24N2O2. The minimum Gasteiger partial charge on any atom is -0.436 e. The van der Waals surface area contributed by atoms with Gasteiger partial charge in [-0.05, 0) is 59.9 Å². The van der Waals surface area contributed by atoms with Gasteiger partial charge < -0.3 is 9.73 Å². The van der Waals surface area contributed by atoms with Crippen molar-refractivity contribution in [1.29, 1.82) is 0 Å². The molecule has 150 valence electrons. The molecule has 1 aromatic heterocycles. The fourth-order valence-electron chi connectivity index (χ4n) is 3.26. The quantitative estimate of drug-likeness (QED) is 0.371. The van der Waals surface area contributed by atoms with Crippen molar-refractivity contribution < 1.29 is 9.21 Å². The van der Waals surface area contributed by atoms with E-state index in [0.717, 1.165) is 28.6 Å². The monoisotopic (exact) mass is 396 g/mol. The van der Waals surface area contributed by atoms with Crippen molar-refractivity contribution in [2.24, 2.45) is 0 Å². The predicted octanol–water partition coefficient (Wildman–Crippen LogP) is 6.66. The van der Waals surface area contributed by atoms with Crippen molar-refractivity contribution in [3.05, 3.63) is 90.0 Å². The summed E-state index contributed by atoms with van der Waals surface area (Å²) >= 11 is 0. The number of rotatable bonds is 6. The van der Waals surface area contributed by atoms with Gasteiger partial charge in [-0.2, -0.15) is 0 Å². The Kier molecular flexibility index (Phi) is 5.75. The van der Waals surface area contributed by atoms with Gasteiger partial charge in [0.2, 0.25) is 11.8 Å². The zero-order valence-electron chi connectivity index (χ0n) is 17.1. The normalized spacial score (nSPS) is 12.3. The van der Waals surface area contributed by atoms with Crippen LogP contribution in [0.5, 0.6) is 0 Å². The van der Waals surface area contributed by atoms with Crippen molar-refractivity contribution in [3.63, 3.8) is 0 Å². The summed E-state index contributed by atoms with van der Waals surface area (Å²) in [6.45, 7) is 4.39. The number of amides is 1. The lowest BCUT2D eigenvalue weighted by Crippen LogP contribution is -2.07. The Bertz CT molecular complexity index is 1190. The zero-order chi connectivity index (χ0) is 20.9. The summed E-state index contributed by atoms with van der Waals surface area (Å²) in [5.74, 6) is 0.839. The van der Waals surface area contributed by atoms with Crippen LogP contribution in [0, 0.1) is 0 Å². The number of benzene rings is 3. The smallest absolute Gasteiger partial charge is 0.248 e. The summed E-state index contributed by atoms with van der Waals surface area (Å²) in [5, 5.41) is 2.89. The van der Waals surface area contributed by atoms with Crippen LogP contribution in [0.3, 0.4) is 0 Å². The van der Waals surface area contributed by atoms with E-state index in [9.17, 15) is 4.79 Å². The molecule has 0 spiro atoms. The van der Waals surface area contributed by atoms with Gasteiger partial charge in [0.1, 0.15) is 5.52 Å². The third kappa shape index (κ3) is 4.49. The van der Waals surface area contributed by atoms with Crippen LogP contribution >= 0.6 is 0 Å². The standard InChI is InChI=1S/C26H24N2O2/c1-3-18(2)20-13-14-24-23(17-20)28-26(30-24)21-10-7-11-22(16-21)27-25(29)15-12-19-8-5-4-6-9-19/h4-18H,3H2,1-2H3,(H,27,29)/b15-12+. The molecule has 0 saturated carbocycles. The Morgan fingerprint density at radius 3 is 2.70 bits per heavy atom. The first-order chi connectivity index (χ1) is 14.6. The number of carbonyl (C=O) groups excluding carboxylic acids is 1. The van der Waals surface area contributed by atoms with Gasteiger partial charge in [-0.15, -0.1) is 0 Å². The highest BCUT2D eigenvalue weighted by molar-refractivity contribution is 6.02. The van der Waals surface area contributed by atoms with Crippen LogP contribution in [0.4, 0.5) is 5.69 Å². The van der Waals surface area contributed by atoms with E-state index in [1.807, 2.05) is 60.7 Å². The number of fused-ring (bicyclic) bond motifs is 1. The van der Waals surface area contributed by atoms with E-state index >= 15 is 0 Å². The predicted molar refractivity (Wildman–Crippen MR) is 122 cm³/mol. The summed E-state index contributed by atoms with van der Waals surface area (Å²) in [6.07, 6.45) is 4.39. The van der Waals surface area contributed by atoms with Gasteiger partial charge in [-0.25, -0.2) is 4.98 Å². The fraction of sp³-hybridized carbons (Fsp3) is 0.154. The first-order valence-corrected chi connectivity index (χ1v) is 10.2. The topological polar surface area (TPSA) is 55.1 Å². The summed E-state index contributed by atoms with van der Waals surface area (Å²) < 4.78 is 5.95.